The molecule has 0 aromatic heterocycles. The molecule has 4 amide bonds. The summed E-state index contributed by atoms with van der Waals surface area (Å²) >= 11 is 6.04. The van der Waals surface area contributed by atoms with Gasteiger partial charge >= 0.3 is 6.03 Å². The largest absolute Gasteiger partial charge is 0.345 e. The molecule has 1 aromatic carbocycles. The summed E-state index contributed by atoms with van der Waals surface area (Å²) in [5, 5.41) is 25.6. The van der Waals surface area contributed by atoms with E-state index in [1.807, 2.05) is 0 Å². The van der Waals surface area contributed by atoms with Gasteiger partial charge in [0.25, 0.3) is 11.8 Å². The number of carbonyl (C=O) groups is 3. The molecule has 1 atom stereocenters. The number of urea groups is 1. The molecule has 1 aromatic rings. The first kappa shape index (κ1) is 16.7. The molecule has 0 radical (unpaired) electrons. The number of fused-ring (bicyclic) bond motifs is 1. The summed E-state index contributed by atoms with van der Waals surface area (Å²) in [7, 11) is 0. The number of benzene rings is 1. The first-order chi connectivity index (χ1) is 11.2. The molecule has 1 unspecified atom stereocenters. The molecule has 0 saturated carbocycles. The molecular formula is C15H16ClN3O5. The SMILES string of the molecule is Cc1cc2c(cc1Cl)CN(C(=O)CCC1NC(=O)NC1=O)C2(O)O. The Labute approximate surface area is 142 Å². The molecule has 0 bridgehead atoms. The fourth-order valence-corrected chi connectivity index (χ4v) is 3.10. The Balaban J connectivity index is 1.72. The Bertz CT molecular complexity index is 749. The number of nitrogens with zero attached hydrogens (tertiary/aromatic N) is 1. The van der Waals surface area contributed by atoms with Crippen LogP contribution in [-0.2, 0) is 22.0 Å². The number of rotatable bonds is 3. The lowest BCUT2D eigenvalue weighted by atomic mass is 10.1. The van der Waals surface area contributed by atoms with Crippen LogP contribution >= 0.6 is 11.6 Å². The highest BCUT2D eigenvalue weighted by Gasteiger charge is 2.45. The molecule has 2 aliphatic rings. The average Bonchev–Trinajstić information content (AvgIpc) is 2.94. The van der Waals surface area contributed by atoms with E-state index in [1.165, 1.54) is 6.07 Å². The maximum Gasteiger partial charge on any atom is 0.322 e. The number of aryl methyl sites for hydroxylation is 1. The summed E-state index contributed by atoms with van der Waals surface area (Å²) in [6, 6.07) is 1.74. The maximum atomic E-state index is 12.4. The molecule has 2 heterocycles. The van der Waals surface area contributed by atoms with Crippen LogP contribution < -0.4 is 10.6 Å². The quantitative estimate of drug-likeness (QED) is 0.453. The predicted molar refractivity (Wildman–Crippen MR) is 82.6 cm³/mol. The Morgan fingerprint density at radius 3 is 2.75 bits per heavy atom. The minimum atomic E-state index is -2.43. The number of nitrogens with one attached hydrogen (secondary N) is 2. The zero-order valence-corrected chi connectivity index (χ0v) is 13.6. The van der Waals surface area contributed by atoms with Gasteiger partial charge in [-0.05, 0) is 36.6 Å². The number of hydrogen-bond donors (Lipinski definition) is 4. The van der Waals surface area contributed by atoms with Crippen molar-refractivity contribution < 1.29 is 24.6 Å². The van der Waals surface area contributed by atoms with Crippen molar-refractivity contribution in [2.24, 2.45) is 0 Å². The normalized spacial score (nSPS) is 21.5. The summed E-state index contributed by atoms with van der Waals surface area (Å²) in [5.74, 6) is -3.47. The zero-order valence-electron chi connectivity index (χ0n) is 12.8. The topological polar surface area (TPSA) is 119 Å². The van der Waals surface area contributed by atoms with Gasteiger partial charge in [0.2, 0.25) is 5.91 Å². The first-order valence-electron chi connectivity index (χ1n) is 7.36. The lowest BCUT2D eigenvalue weighted by Crippen LogP contribution is -2.45. The van der Waals surface area contributed by atoms with Gasteiger partial charge in [-0.25, -0.2) is 4.79 Å². The maximum absolute atomic E-state index is 12.4. The van der Waals surface area contributed by atoms with Crippen molar-refractivity contribution in [3.8, 4) is 0 Å². The van der Waals surface area contributed by atoms with Gasteiger partial charge in [0.1, 0.15) is 6.04 Å². The highest BCUT2D eigenvalue weighted by atomic mass is 35.5. The third-order valence-corrected chi connectivity index (χ3v) is 4.66. The highest BCUT2D eigenvalue weighted by Crippen LogP contribution is 2.38. The van der Waals surface area contributed by atoms with Gasteiger partial charge in [0, 0.05) is 17.0 Å². The van der Waals surface area contributed by atoms with Crippen molar-refractivity contribution in [3.05, 3.63) is 33.8 Å². The number of halogens is 1. The van der Waals surface area contributed by atoms with Crippen molar-refractivity contribution in [2.45, 2.75) is 38.3 Å². The van der Waals surface area contributed by atoms with Gasteiger partial charge in [-0.1, -0.05) is 11.6 Å². The molecule has 4 N–H and O–H groups in total. The molecule has 0 aliphatic carbocycles. The van der Waals surface area contributed by atoms with E-state index in [4.69, 9.17) is 11.6 Å². The van der Waals surface area contributed by atoms with Crippen molar-refractivity contribution in [1.82, 2.24) is 15.5 Å². The lowest BCUT2D eigenvalue weighted by Gasteiger charge is -2.29. The Kier molecular flexibility index (Phi) is 3.98. The Morgan fingerprint density at radius 2 is 2.12 bits per heavy atom. The van der Waals surface area contributed by atoms with Gasteiger partial charge in [-0.2, -0.15) is 0 Å². The van der Waals surface area contributed by atoms with Crippen molar-refractivity contribution in [3.63, 3.8) is 0 Å². The molecule has 0 spiro atoms. The van der Waals surface area contributed by atoms with Gasteiger partial charge in [0.15, 0.2) is 0 Å². The van der Waals surface area contributed by atoms with Crippen LogP contribution in [0.2, 0.25) is 5.02 Å². The number of carbonyl (C=O) groups excluding carboxylic acids is 3. The highest BCUT2D eigenvalue weighted by molar-refractivity contribution is 6.31. The summed E-state index contributed by atoms with van der Waals surface area (Å²) in [6.45, 7) is 1.73. The molecule has 3 rings (SSSR count). The van der Waals surface area contributed by atoms with Crippen LogP contribution in [0.3, 0.4) is 0 Å². The van der Waals surface area contributed by atoms with Crippen molar-refractivity contribution in [1.29, 1.82) is 0 Å². The number of aliphatic hydroxyl groups is 2. The summed E-state index contributed by atoms with van der Waals surface area (Å²) in [4.78, 5) is 35.8. The first-order valence-corrected chi connectivity index (χ1v) is 7.74. The summed E-state index contributed by atoms with van der Waals surface area (Å²) in [5.41, 5.74) is 1.43. The molecule has 2 aliphatic heterocycles. The van der Waals surface area contributed by atoms with Crippen molar-refractivity contribution >= 4 is 29.4 Å². The van der Waals surface area contributed by atoms with Crippen LogP contribution in [0, 0.1) is 6.92 Å². The molecule has 24 heavy (non-hydrogen) atoms. The molecule has 8 nitrogen and oxygen atoms in total. The lowest BCUT2D eigenvalue weighted by molar-refractivity contribution is -0.260. The number of imide groups is 1. The fraction of sp³-hybridized carbons (Fsp3) is 0.400. The minimum absolute atomic E-state index is 0.00435. The standard InChI is InChI=1S/C15H16ClN3O5/c1-7-4-9-8(5-10(7)16)6-19(15(9,23)24)12(20)3-2-11-13(21)18-14(22)17-11/h4-5,11,23-24H,2-3,6H2,1H3,(H2,17,18,21,22). The van der Waals surface area contributed by atoms with Crippen LogP contribution in [0.4, 0.5) is 4.79 Å². The van der Waals surface area contributed by atoms with Crippen LogP contribution in [0.5, 0.6) is 0 Å². The molecular weight excluding hydrogens is 338 g/mol. The summed E-state index contributed by atoms with van der Waals surface area (Å²) < 4.78 is 0. The van der Waals surface area contributed by atoms with Crippen LogP contribution in [-0.4, -0.2) is 39.0 Å². The number of amides is 4. The van der Waals surface area contributed by atoms with Gasteiger partial charge < -0.3 is 15.5 Å². The molecule has 128 valence electrons. The third-order valence-electron chi connectivity index (χ3n) is 4.26. The van der Waals surface area contributed by atoms with E-state index in [-0.39, 0.29) is 24.9 Å². The van der Waals surface area contributed by atoms with E-state index in [9.17, 15) is 24.6 Å². The minimum Gasteiger partial charge on any atom is -0.345 e. The Hall–Kier alpha value is -2.16. The second kappa shape index (κ2) is 5.73. The zero-order chi connectivity index (χ0) is 17.6. The Morgan fingerprint density at radius 1 is 1.42 bits per heavy atom. The third kappa shape index (κ3) is 2.72. The van der Waals surface area contributed by atoms with E-state index in [0.717, 1.165) is 4.90 Å². The molecule has 1 fully saturated rings. The van der Waals surface area contributed by atoms with Gasteiger partial charge in [-0.3, -0.25) is 19.8 Å². The molecule has 9 heteroatoms. The van der Waals surface area contributed by atoms with E-state index in [1.54, 1.807) is 13.0 Å². The molecule has 1 saturated heterocycles. The van der Waals surface area contributed by atoms with E-state index < -0.39 is 29.8 Å². The van der Waals surface area contributed by atoms with E-state index >= 15 is 0 Å². The second-order valence-electron chi connectivity index (χ2n) is 5.93. The van der Waals surface area contributed by atoms with Gasteiger partial charge in [0.05, 0.1) is 6.54 Å². The predicted octanol–water partition coefficient (Wildman–Crippen LogP) is 0.0737. The van der Waals surface area contributed by atoms with E-state index in [2.05, 4.69) is 10.6 Å². The van der Waals surface area contributed by atoms with Crippen molar-refractivity contribution in [2.75, 3.05) is 0 Å². The number of hydrogen-bond acceptors (Lipinski definition) is 5. The smallest absolute Gasteiger partial charge is 0.322 e. The average molecular weight is 354 g/mol. The summed E-state index contributed by atoms with van der Waals surface area (Å²) in [6.07, 6.45) is -0.0545. The van der Waals surface area contributed by atoms with Crippen LogP contribution in [0.1, 0.15) is 29.5 Å². The van der Waals surface area contributed by atoms with E-state index in [0.29, 0.717) is 16.1 Å². The van der Waals surface area contributed by atoms with Crippen LogP contribution in [0.15, 0.2) is 12.1 Å². The second-order valence-corrected chi connectivity index (χ2v) is 6.34. The van der Waals surface area contributed by atoms with Gasteiger partial charge in [-0.15, -0.1) is 0 Å². The van der Waals surface area contributed by atoms with Crippen LogP contribution in [0.25, 0.3) is 0 Å². The fourth-order valence-electron chi connectivity index (χ4n) is 2.92. The monoisotopic (exact) mass is 353 g/mol.